The van der Waals surface area contributed by atoms with Crippen molar-refractivity contribution < 1.29 is 4.74 Å². The number of nitrogens with one attached hydrogen (secondary N) is 2. The maximum absolute atomic E-state index is 5.52. The van der Waals surface area contributed by atoms with Gasteiger partial charge in [0.25, 0.3) is 0 Å². The van der Waals surface area contributed by atoms with Crippen molar-refractivity contribution in [2.45, 2.75) is 60.0 Å². The molecule has 0 aliphatic rings. The molecule has 0 saturated carbocycles. The minimum absolute atomic E-state index is 0.316. The molecular formula is C15H33N3O. The zero-order chi connectivity index (χ0) is 14.5. The van der Waals surface area contributed by atoms with Gasteiger partial charge >= 0.3 is 0 Å². The number of rotatable bonds is 10. The van der Waals surface area contributed by atoms with Crippen LogP contribution in [0.1, 0.15) is 53.9 Å². The third kappa shape index (κ3) is 10.8. The molecule has 0 aromatic heterocycles. The third-order valence-corrected chi connectivity index (χ3v) is 3.07. The van der Waals surface area contributed by atoms with E-state index in [9.17, 15) is 0 Å². The normalized spacial score (nSPS) is 12.3. The molecule has 4 heteroatoms. The van der Waals surface area contributed by atoms with Gasteiger partial charge in [-0.1, -0.05) is 26.7 Å². The zero-order valence-electron chi connectivity index (χ0n) is 13.5. The van der Waals surface area contributed by atoms with Crippen LogP contribution in [0.15, 0.2) is 4.99 Å². The first kappa shape index (κ1) is 18.2. The van der Waals surface area contributed by atoms with Crippen molar-refractivity contribution in [2.24, 2.45) is 10.9 Å². The van der Waals surface area contributed by atoms with Crippen LogP contribution < -0.4 is 10.6 Å². The van der Waals surface area contributed by atoms with Gasteiger partial charge in [-0.2, -0.15) is 0 Å². The van der Waals surface area contributed by atoms with Crippen LogP contribution in [0, 0.1) is 5.92 Å². The molecule has 0 fully saturated rings. The van der Waals surface area contributed by atoms with E-state index in [1.54, 1.807) is 0 Å². The van der Waals surface area contributed by atoms with Crippen molar-refractivity contribution in [3.05, 3.63) is 0 Å². The van der Waals surface area contributed by atoms with E-state index < -0.39 is 0 Å². The smallest absolute Gasteiger partial charge is 0.191 e. The van der Waals surface area contributed by atoms with Gasteiger partial charge in [-0.05, 0) is 33.1 Å². The molecule has 0 spiro atoms. The number of hydrogen-bond acceptors (Lipinski definition) is 2. The summed E-state index contributed by atoms with van der Waals surface area (Å²) in [6.45, 7) is 14.2. The van der Waals surface area contributed by atoms with Crippen LogP contribution in [0.4, 0.5) is 0 Å². The van der Waals surface area contributed by atoms with Gasteiger partial charge in [0.15, 0.2) is 5.96 Å². The van der Waals surface area contributed by atoms with E-state index in [1.807, 2.05) is 0 Å². The molecule has 2 N–H and O–H groups in total. The summed E-state index contributed by atoms with van der Waals surface area (Å²) in [7, 11) is 0. The van der Waals surface area contributed by atoms with Crippen LogP contribution in [0.5, 0.6) is 0 Å². The Bertz CT molecular complexity index is 225. The lowest BCUT2D eigenvalue weighted by Gasteiger charge is -2.14. The van der Waals surface area contributed by atoms with Gasteiger partial charge in [0.05, 0.1) is 6.10 Å². The highest BCUT2D eigenvalue weighted by Gasteiger charge is 2.03. The summed E-state index contributed by atoms with van der Waals surface area (Å²) in [6.07, 6.45) is 3.72. The first-order chi connectivity index (χ1) is 9.13. The topological polar surface area (TPSA) is 45.7 Å². The Morgan fingerprint density at radius 1 is 1.11 bits per heavy atom. The quantitative estimate of drug-likeness (QED) is 0.365. The summed E-state index contributed by atoms with van der Waals surface area (Å²) in [5.74, 6) is 1.62. The molecule has 0 radical (unpaired) electrons. The molecule has 0 heterocycles. The first-order valence-electron chi connectivity index (χ1n) is 7.77. The van der Waals surface area contributed by atoms with Crippen LogP contribution in [-0.4, -0.2) is 38.3 Å². The molecule has 0 atom stereocenters. The SMILES string of the molecule is CCNC(=NCC(CC)CC)NCCCOC(C)C. The summed E-state index contributed by atoms with van der Waals surface area (Å²) >= 11 is 0. The van der Waals surface area contributed by atoms with Crippen molar-refractivity contribution in [2.75, 3.05) is 26.2 Å². The van der Waals surface area contributed by atoms with Crippen LogP contribution in [0.3, 0.4) is 0 Å². The fourth-order valence-electron chi connectivity index (χ4n) is 1.71. The minimum Gasteiger partial charge on any atom is -0.379 e. The number of ether oxygens (including phenoxy) is 1. The lowest BCUT2D eigenvalue weighted by Crippen LogP contribution is -2.38. The highest BCUT2D eigenvalue weighted by atomic mass is 16.5. The average Bonchev–Trinajstić information content (AvgIpc) is 2.38. The molecule has 4 nitrogen and oxygen atoms in total. The number of guanidine groups is 1. The Kier molecular flexibility index (Phi) is 11.8. The summed E-state index contributed by atoms with van der Waals surface area (Å²) in [5.41, 5.74) is 0. The maximum atomic E-state index is 5.52. The van der Waals surface area contributed by atoms with E-state index in [0.717, 1.165) is 38.6 Å². The van der Waals surface area contributed by atoms with E-state index in [4.69, 9.17) is 4.74 Å². The summed E-state index contributed by atoms with van der Waals surface area (Å²) < 4.78 is 5.52. The Hall–Kier alpha value is -0.770. The molecule has 0 aromatic carbocycles. The molecule has 19 heavy (non-hydrogen) atoms. The van der Waals surface area contributed by atoms with E-state index in [-0.39, 0.29) is 0 Å². The van der Waals surface area contributed by atoms with Gasteiger partial charge in [-0.25, -0.2) is 0 Å². The second-order valence-electron chi connectivity index (χ2n) is 5.10. The van der Waals surface area contributed by atoms with Gasteiger partial charge in [0.1, 0.15) is 0 Å². The Labute approximate surface area is 119 Å². The van der Waals surface area contributed by atoms with E-state index >= 15 is 0 Å². The van der Waals surface area contributed by atoms with Crippen LogP contribution in [0.25, 0.3) is 0 Å². The van der Waals surface area contributed by atoms with Crippen molar-refractivity contribution in [3.63, 3.8) is 0 Å². The van der Waals surface area contributed by atoms with Crippen LogP contribution in [0.2, 0.25) is 0 Å². The molecule has 0 amide bonds. The first-order valence-corrected chi connectivity index (χ1v) is 7.77. The molecule has 0 aromatic rings. The fraction of sp³-hybridized carbons (Fsp3) is 0.933. The Morgan fingerprint density at radius 2 is 1.79 bits per heavy atom. The maximum Gasteiger partial charge on any atom is 0.191 e. The van der Waals surface area contributed by atoms with Crippen molar-refractivity contribution >= 4 is 5.96 Å². The number of hydrogen-bond donors (Lipinski definition) is 2. The summed E-state index contributed by atoms with van der Waals surface area (Å²) in [5, 5.41) is 6.64. The van der Waals surface area contributed by atoms with E-state index in [0.29, 0.717) is 12.0 Å². The molecule has 0 bridgehead atoms. The predicted molar refractivity (Wildman–Crippen MR) is 83.8 cm³/mol. The molecule has 0 saturated heterocycles. The van der Waals surface area contributed by atoms with E-state index in [1.165, 1.54) is 12.8 Å². The van der Waals surface area contributed by atoms with Gasteiger partial charge in [-0.15, -0.1) is 0 Å². The molecule has 0 unspecified atom stereocenters. The predicted octanol–water partition coefficient (Wildman–Crippen LogP) is 2.79. The highest BCUT2D eigenvalue weighted by molar-refractivity contribution is 5.79. The summed E-state index contributed by atoms with van der Waals surface area (Å²) in [4.78, 5) is 4.64. The lowest BCUT2D eigenvalue weighted by atomic mass is 10.0. The van der Waals surface area contributed by atoms with Crippen LogP contribution in [-0.2, 0) is 4.74 Å². The van der Waals surface area contributed by atoms with Crippen molar-refractivity contribution in [3.8, 4) is 0 Å². The monoisotopic (exact) mass is 271 g/mol. The second-order valence-corrected chi connectivity index (χ2v) is 5.10. The van der Waals surface area contributed by atoms with Crippen LogP contribution >= 0.6 is 0 Å². The van der Waals surface area contributed by atoms with E-state index in [2.05, 4.69) is 50.2 Å². The molecular weight excluding hydrogens is 238 g/mol. The average molecular weight is 271 g/mol. The number of aliphatic imine (C=N–C) groups is 1. The second kappa shape index (κ2) is 12.3. The standard InChI is InChI=1S/C15H33N3O/c1-6-14(7-2)12-18-15(16-8-3)17-10-9-11-19-13(4)5/h13-14H,6-12H2,1-5H3,(H2,16,17,18). The van der Waals surface area contributed by atoms with Crippen molar-refractivity contribution in [1.82, 2.24) is 10.6 Å². The Balaban J connectivity index is 3.93. The molecule has 0 aliphatic carbocycles. The van der Waals surface area contributed by atoms with Gasteiger partial charge in [0, 0.05) is 26.2 Å². The lowest BCUT2D eigenvalue weighted by molar-refractivity contribution is 0.0776. The largest absolute Gasteiger partial charge is 0.379 e. The van der Waals surface area contributed by atoms with Gasteiger partial charge < -0.3 is 15.4 Å². The van der Waals surface area contributed by atoms with Gasteiger partial charge in [0.2, 0.25) is 0 Å². The highest BCUT2D eigenvalue weighted by Crippen LogP contribution is 2.06. The fourth-order valence-corrected chi connectivity index (χ4v) is 1.71. The molecule has 0 rings (SSSR count). The van der Waals surface area contributed by atoms with Crippen molar-refractivity contribution in [1.29, 1.82) is 0 Å². The summed E-state index contributed by atoms with van der Waals surface area (Å²) in [6, 6.07) is 0. The third-order valence-electron chi connectivity index (χ3n) is 3.07. The molecule has 114 valence electrons. The van der Waals surface area contributed by atoms with Gasteiger partial charge in [-0.3, -0.25) is 4.99 Å². The Morgan fingerprint density at radius 3 is 2.32 bits per heavy atom. The minimum atomic E-state index is 0.316. The zero-order valence-corrected chi connectivity index (χ0v) is 13.5. The molecule has 0 aliphatic heterocycles. The number of nitrogens with zero attached hydrogens (tertiary/aromatic N) is 1.